The summed E-state index contributed by atoms with van der Waals surface area (Å²) < 4.78 is 4.86. The first-order valence-corrected chi connectivity index (χ1v) is 3.71. The third kappa shape index (κ3) is 2.25. The molecule has 0 aromatic carbocycles. The smallest absolute Gasteiger partial charge is 0.143 e. The van der Waals surface area contributed by atoms with Crippen molar-refractivity contribution in [1.82, 2.24) is 5.32 Å². The van der Waals surface area contributed by atoms with Gasteiger partial charge >= 0.3 is 0 Å². The zero-order valence-electron chi connectivity index (χ0n) is 6.34. The van der Waals surface area contributed by atoms with Gasteiger partial charge in [-0.2, -0.15) is 0 Å². The Kier molecular flexibility index (Phi) is 3.12. The van der Waals surface area contributed by atoms with Gasteiger partial charge in [-0.1, -0.05) is 0 Å². The fourth-order valence-electron chi connectivity index (χ4n) is 1.23. The van der Waals surface area contributed by atoms with Gasteiger partial charge in [-0.05, 0) is 31.8 Å². The van der Waals surface area contributed by atoms with E-state index in [0.29, 0.717) is 5.92 Å². The summed E-state index contributed by atoms with van der Waals surface area (Å²) in [6.45, 7) is 1.67. The summed E-state index contributed by atoms with van der Waals surface area (Å²) in [5, 5.41) is 11.4. The predicted octanol–water partition coefficient (Wildman–Crippen LogP) is -0.192. The van der Waals surface area contributed by atoms with E-state index in [-0.39, 0.29) is 6.79 Å². The first-order chi connectivity index (χ1) is 4.88. The number of aliphatic hydroxyl groups is 1. The van der Waals surface area contributed by atoms with Gasteiger partial charge < -0.3 is 15.2 Å². The Balaban J connectivity index is 1.92. The highest BCUT2D eigenvalue weighted by atomic mass is 16.6. The van der Waals surface area contributed by atoms with Crippen LogP contribution in [0.5, 0.6) is 0 Å². The van der Waals surface area contributed by atoms with Crippen molar-refractivity contribution in [3.05, 3.63) is 0 Å². The summed E-state index contributed by atoms with van der Waals surface area (Å²) in [5.74, 6) is 1.48. The standard InChI is InChI=1S/C7H15NO2/c1-8-3-6-2-7(6)4-10-5-9/h6-9H,2-5H2,1H3/t6-,7-/m0/s1. The minimum atomic E-state index is -0.136. The Morgan fingerprint density at radius 3 is 3.00 bits per heavy atom. The Bertz CT molecular complexity index is 97.6. The van der Waals surface area contributed by atoms with E-state index in [4.69, 9.17) is 9.84 Å². The van der Waals surface area contributed by atoms with E-state index in [1.54, 1.807) is 0 Å². The minimum absolute atomic E-state index is 0.136. The molecule has 0 aromatic heterocycles. The zero-order chi connectivity index (χ0) is 7.40. The van der Waals surface area contributed by atoms with Crippen LogP contribution in [0.1, 0.15) is 6.42 Å². The number of aliphatic hydroxyl groups excluding tert-OH is 1. The molecule has 3 nitrogen and oxygen atoms in total. The van der Waals surface area contributed by atoms with Gasteiger partial charge in [0.1, 0.15) is 6.79 Å². The monoisotopic (exact) mass is 145 g/mol. The van der Waals surface area contributed by atoms with Gasteiger partial charge in [0.05, 0.1) is 6.61 Å². The molecule has 0 bridgehead atoms. The largest absolute Gasteiger partial charge is 0.371 e. The molecular weight excluding hydrogens is 130 g/mol. The fraction of sp³-hybridized carbons (Fsp3) is 1.00. The van der Waals surface area contributed by atoms with E-state index in [0.717, 1.165) is 19.1 Å². The molecule has 1 saturated carbocycles. The molecule has 0 heterocycles. The first-order valence-electron chi connectivity index (χ1n) is 3.71. The van der Waals surface area contributed by atoms with E-state index in [1.807, 2.05) is 7.05 Å². The number of ether oxygens (including phenoxy) is 1. The summed E-state index contributed by atoms with van der Waals surface area (Å²) in [5.41, 5.74) is 0. The highest BCUT2D eigenvalue weighted by Gasteiger charge is 2.35. The molecule has 1 rings (SSSR count). The zero-order valence-corrected chi connectivity index (χ0v) is 6.34. The van der Waals surface area contributed by atoms with E-state index in [9.17, 15) is 0 Å². The highest BCUT2D eigenvalue weighted by molar-refractivity contribution is 4.86. The lowest BCUT2D eigenvalue weighted by Crippen LogP contribution is -2.11. The number of hydrogen-bond acceptors (Lipinski definition) is 3. The van der Waals surface area contributed by atoms with Crippen LogP contribution in [0, 0.1) is 11.8 Å². The van der Waals surface area contributed by atoms with Gasteiger partial charge in [-0.3, -0.25) is 0 Å². The molecule has 0 aromatic rings. The van der Waals surface area contributed by atoms with Crippen molar-refractivity contribution < 1.29 is 9.84 Å². The number of hydrogen-bond donors (Lipinski definition) is 2. The van der Waals surface area contributed by atoms with Gasteiger partial charge in [0.25, 0.3) is 0 Å². The van der Waals surface area contributed by atoms with Crippen LogP contribution in [0.15, 0.2) is 0 Å². The average Bonchev–Trinajstić information content (AvgIpc) is 2.65. The molecule has 0 aliphatic heterocycles. The Hall–Kier alpha value is -0.120. The number of rotatable bonds is 5. The van der Waals surface area contributed by atoms with E-state index < -0.39 is 0 Å². The van der Waals surface area contributed by atoms with Crippen molar-refractivity contribution in [2.45, 2.75) is 6.42 Å². The molecule has 2 N–H and O–H groups in total. The van der Waals surface area contributed by atoms with Crippen molar-refractivity contribution in [2.24, 2.45) is 11.8 Å². The molecular formula is C7H15NO2. The normalized spacial score (nSPS) is 30.6. The third-order valence-corrected chi connectivity index (χ3v) is 1.96. The van der Waals surface area contributed by atoms with Gasteiger partial charge in [0.15, 0.2) is 0 Å². The molecule has 0 unspecified atom stereocenters. The summed E-state index contributed by atoms with van der Waals surface area (Å²) >= 11 is 0. The van der Waals surface area contributed by atoms with Crippen molar-refractivity contribution in [3.63, 3.8) is 0 Å². The lowest BCUT2D eigenvalue weighted by Gasteiger charge is -1.98. The van der Waals surface area contributed by atoms with Crippen LogP contribution >= 0.6 is 0 Å². The fourth-order valence-corrected chi connectivity index (χ4v) is 1.23. The summed E-state index contributed by atoms with van der Waals surface area (Å²) in [6, 6.07) is 0. The van der Waals surface area contributed by atoms with Crippen LogP contribution < -0.4 is 5.32 Å². The highest BCUT2D eigenvalue weighted by Crippen LogP contribution is 2.37. The Morgan fingerprint density at radius 2 is 2.40 bits per heavy atom. The van der Waals surface area contributed by atoms with Crippen molar-refractivity contribution >= 4 is 0 Å². The van der Waals surface area contributed by atoms with Gasteiger partial charge in [0.2, 0.25) is 0 Å². The molecule has 60 valence electrons. The molecule has 0 saturated heterocycles. The molecule has 1 aliphatic carbocycles. The van der Waals surface area contributed by atoms with Crippen LogP contribution in [0.3, 0.4) is 0 Å². The first kappa shape index (κ1) is 7.98. The topological polar surface area (TPSA) is 41.5 Å². The average molecular weight is 145 g/mol. The molecule has 0 spiro atoms. The maximum absolute atomic E-state index is 8.32. The summed E-state index contributed by atoms with van der Waals surface area (Å²) in [4.78, 5) is 0. The van der Waals surface area contributed by atoms with E-state index >= 15 is 0 Å². The molecule has 0 radical (unpaired) electrons. The van der Waals surface area contributed by atoms with Gasteiger partial charge in [-0.25, -0.2) is 0 Å². The quantitative estimate of drug-likeness (QED) is 0.527. The van der Waals surface area contributed by atoms with Crippen LogP contribution in [-0.4, -0.2) is 32.1 Å². The second-order valence-corrected chi connectivity index (χ2v) is 2.81. The van der Waals surface area contributed by atoms with Crippen LogP contribution in [0.2, 0.25) is 0 Å². The molecule has 1 aliphatic rings. The van der Waals surface area contributed by atoms with Crippen LogP contribution in [0.4, 0.5) is 0 Å². The van der Waals surface area contributed by atoms with E-state index in [1.165, 1.54) is 6.42 Å². The molecule has 2 atom stereocenters. The molecule has 10 heavy (non-hydrogen) atoms. The van der Waals surface area contributed by atoms with Crippen LogP contribution in [0.25, 0.3) is 0 Å². The Labute approximate surface area is 61.4 Å². The van der Waals surface area contributed by atoms with Gasteiger partial charge in [-0.15, -0.1) is 0 Å². The van der Waals surface area contributed by atoms with Crippen molar-refractivity contribution in [3.8, 4) is 0 Å². The van der Waals surface area contributed by atoms with Crippen LogP contribution in [-0.2, 0) is 4.74 Å². The second-order valence-electron chi connectivity index (χ2n) is 2.81. The maximum atomic E-state index is 8.32. The molecule has 1 fully saturated rings. The number of nitrogens with one attached hydrogen (secondary N) is 1. The third-order valence-electron chi connectivity index (χ3n) is 1.96. The molecule has 3 heteroatoms. The summed E-state index contributed by atoms with van der Waals surface area (Å²) in [6.07, 6.45) is 1.25. The lowest BCUT2D eigenvalue weighted by molar-refractivity contribution is -0.00764. The van der Waals surface area contributed by atoms with Gasteiger partial charge in [0, 0.05) is 0 Å². The van der Waals surface area contributed by atoms with Crippen molar-refractivity contribution in [1.29, 1.82) is 0 Å². The lowest BCUT2D eigenvalue weighted by atomic mass is 10.3. The maximum Gasteiger partial charge on any atom is 0.143 e. The summed E-state index contributed by atoms with van der Waals surface area (Å²) in [7, 11) is 1.96. The second kappa shape index (κ2) is 3.91. The van der Waals surface area contributed by atoms with E-state index in [2.05, 4.69) is 5.32 Å². The predicted molar refractivity (Wildman–Crippen MR) is 38.6 cm³/mol. The molecule has 0 amide bonds. The minimum Gasteiger partial charge on any atom is -0.371 e. The Morgan fingerprint density at radius 1 is 1.60 bits per heavy atom. The SMILES string of the molecule is CNC[C@@H]1C[C@H]1COCO. The van der Waals surface area contributed by atoms with Crippen molar-refractivity contribution in [2.75, 3.05) is 27.0 Å².